The van der Waals surface area contributed by atoms with Gasteiger partial charge < -0.3 is 14.2 Å². The summed E-state index contributed by atoms with van der Waals surface area (Å²) in [6, 6.07) is -0.199. The lowest BCUT2D eigenvalue weighted by Crippen LogP contribution is -2.46. The second-order valence-corrected chi connectivity index (χ2v) is 6.38. The summed E-state index contributed by atoms with van der Waals surface area (Å²) < 4.78 is 199. The fourth-order valence-electron chi connectivity index (χ4n) is 1.76. The van der Waals surface area contributed by atoms with Crippen LogP contribution >= 0.6 is 0 Å². The van der Waals surface area contributed by atoms with Gasteiger partial charge in [0.1, 0.15) is 18.1 Å². The average molecular weight is 578 g/mol. The van der Waals surface area contributed by atoms with Gasteiger partial charge in [-0.05, 0) is 17.7 Å². The van der Waals surface area contributed by atoms with Gasteiger partial charge in [-0.1, -0.05) is 0 Å². The van der Waals surface area contributed by atoms with Crippen LogP contribution in [0.25, 0.3) is 0 Å². The zero-order chi connectivity index (χ0) is 29.4. The van der Waals surface area contributed by atoms with E-state index in [1.54, 1.807) is 0 Å². The highest BCUT2D eigenvalue weighted by Gasteiger charge is 2.66. The Balaban J connectivity index is 3.39. The molecule has 0 unspecified atom stereocenters. The van der Waals surface area contributed by atoms with Crippen LogP contribution in [0.2, 0.25) is 0 Å². The van der Waals surface area contributed by atoms with Gasteiger partial charge in [-0.15, -0.1) is 0 Å². The van der Waals surface area contributed by atoms with Gasteiger partial charge in [0.2, 0.25) is 0 Å². The van der Waals surface area contributed by atoms with Crippen molar-refractivity contribution in [2.24, 2.45) is 0 Å². The van der Waals surface area contributed by atoms with E-state index >= 15 is 0 Å². The zero-order valence-corrected chi connectivity index (χ0v) is 16.6. The molecule has 0 aliphatic rings. The SMILES string of the molecule is O=C(OCc1cc(OC(=O)C(F)(F)C(F)(F)F)cc(OC(=O)C(F)(F)C(F)(F)F)c1)C(F)(F)C(F)(F)F. The number of rotatable bonds is 7. The fourth-order valence-corrected chi connectivity index (χ4v) is 1.76. The molecule has 0 fully saturated rings. The molecule has 37 heavy (non-hydrogen) atoms. The molecule has 0 atom stereocenters. The summed E-state index contributed by atoms with van der Waals surface area (Å²) in [4.78, 5) is 33.3. The summed E-state index contributed by atoms with van der Waals surface area (Å²) in [6.07, 6.45) is -19.7. The second-order valence-electron chi connectivity index (χ2n) is 6.38. The number of alkyl halides is 15. The van der Waals surface area contributed by atoms with Crippen molar-refractivity contribution < 1.29 is 94.5 Å². The van der Waals surface area contributed by atoms with Crippen molar-refractivity contribution >= 4 is 17.9 Å². The van der Waals surface area contributed by atoms with Crippen LogP contribution in [0.15, 0.2) is 18.2 Å². The Bertz CT molecular complexity index is 980. The highest BCUT2D eigenvalue weighted by Crippen LogP contribution is 2.40. The third kappa shape index (κ3) is 6.87. The predicted molar refractivity (Wildman–Crippen MR) is 80.5 cm³/mol. The van der Waals surface area contributed by atoms with Gasteiger partial charge in [0.25, 0.3) is 0 Å². The molecule has 0 aliphatic carbocycles. The van der Waals surface area contributed by atoms with E-state index in [4.69, 9.17) is 0 Å². The highest BCUT2D eigenvalue weighted by molar-refractivity contribution is 5.82. The maximum atomic E-state index is 13.0. The number of esters is 3. The molecule has 1 rings (SSSR count). The van der Waals surface area contributed by atoms with Crippen LogP contribution in [0.1, 0.15) is 5.56 Å². The summed E-state index contributed by atoms with van der Waals surface area (Å²) in [5, 5.41) is 0. The molecule has 0 saturated heterocycles. The molecule has 21 heteroatoms. The van der Waals surface area contributed by atoms with Gasteiger partial charge in [-0.3, -0.25) is 0 Å². The van der Waals surface area contributed by atoms with Crippen molar-refractivity contribution in [3.8, 4) is 11.5 Å². The molecule has 0 aromatic heterocycles. The average Bonchev–Trinajstić information content (AvgIpc) is 2.69. The fraction of sp³-hybridized carbons (Fsp3) is 0.438. The van der Waals surface area contributed by atoms with E-state index < -0.39 is 77.9 Å². The Kier molecular flexibility index (Phi) is 8.37. The first kappa shape index (κ1) is 31.6. The maximum absolute atomic E-state index is 13.0. The number of benzene rings is 1. The van der Waals surface area contributed by atoms with Gasteiger partial charge in [0.05, 0.1) is 0 Å². The lowest BCUT2D eigenvalue weighted by Gasteiger charge is -2.20. The molecule has 1 aromatic carbocycles. The summed E-state index contributed by atoms with van der Waals surface area (Å²) in [6.45, 7) is -1.86. The molecule has 0 spiro atoms. The Morgan fingerprint density at radius 2 is 0.811 bits per heavy atom. The molecule has 210 valence electrons. The number of hydrogen-bond donors (Lipinski definition) is 0. The van der Waals surface area contributed by atoms with E-state index in [9.17, 15) is 80.2 Å². The summed E-state index contributed by atoms with van der Waals surface area (Å²) in [5.74, 6) is -32.4. The Labute approximate surface area is 191 Å². The Morgan fingerprint density at radius 1 is 0.514 bits per heavy atom. The van der Waals surface area contributed by atoms with E-state index in [2.05, 4.69) is 14.2 Å². The number of hydrogen-bond acceptors (Lipinski definition) is 6. The third-order valence-corrected chi connectivity index (χ3v) is 3.57. The van der Waals surface area contributed by atoms with Crippen molar-refractivity contribution in [2.75, 3.05) is 0 Å². The van der Waals surface area contributed by atoms with Crippen molar-refractivity contribution in [1.82, 2.24) is 0 Å². The van der Waals surface area contributed by atoms with Crippen LogP contribution in [-0.2, 0) is 25.7 Å². The lowest BCUT2D eigenvalue weighted by atomic mass is 10.2. The topological polar surface area (TPSA) is 78.9 Å². The first-order chi connectivity index (χ1) is 16.2. The number of carbonyl (C=O) groups is 3. The number of ether oxygens (including phenoxy) is 3. The molecule has 1 aromatic rings. The predicted octanol–water partition coefficient (Wildman–Crippen LogP) is 5.13. The van der Waals surface area contributed by atoms with Crippen molar-refractivity contribution in [3.05, 3.63) is 23.8 Å². The van der Waals surface area contributed by atoms with Crippen LogP contribution in [0.5, 0.6) is 11.5 Å². The van der Waals surface area contributed by atoms with Crippen LogP contribution in [0, 0.1) is 0 Å². The van der Waals surface area contributed by atoms with Crippen molar-refractivity contribution in [1.29, 1.82) is 0 Å². The molecule has 0 radical (unpaired) electrons. The summed E-state index contributed by atoms with van der Waals surface area (Å²) in [7, 11) is 0. The van der Waals surface area contributed by atoms with Gasteiger partial charge in [0.15, 0.2) is 0 Å². The van der Waals surface area contributed by atoms with Crippen LogP contribution in [-0.4, -0.2) is 54.2 Å². The molecule has 0 amide bonds. The van der Waals surface area contributed by atoms with E-state index in [0.29, 0.717) is 0 Å². The molecule has 0 bridgehead atoms. The highest BCUT2D eigenvalue weighted by atomic mass is 19.4. The van der Waals surface area contributed by atoms with Gasteiger partial charge in [0, 0.05) is 6.07 Å². The quantitative estimate of drug-likeness (QED) is 0.254. The lowest BCUT2D eigenvalue weighted by molar-refractivity contribution is -0.281. The Hall–Kier alpha value is -3.42. The van der Waals surface area contributed by atoms with Crippen molar-refractivity contribution in [2.45, 2.75) is 42.9 Å². The van der Waals surface area contributed by atoms with E-state index in [1.807, 2.05) is 0 Å². The molecule has 0 heterocycles. The maximum Gasteiger partial charge on any atom is 0.465 e. The molecule has 0 saturated carbocycles. The third-order valence-electron chi connectivity index (χ3n) is 3.57. The molecular formula is C16H5F15O6. The number of halogens is 15. The first-order valence-electron chi connectivity index (χ1n) is 8.34. The summed E-state index contributed by atoms with van der Waals surface area (Å²) >= 11 is 0. The minimum atomic E-state index is -6.59. The van der Waals surface area contributed by atoms with Crippen LogP contribution < -0.4 is 9.47 Å². The minimum Gasteiger partial charge on any atom is -0.456 e. The monoisotopic (exact) mass is 578 g/mol. The van der Waals surface area contributed by atoms with E-state index in [-0.39, 0.29) is 18.2 Å². The van der Waals surface area contributed by atoms with E-state index in [0.717, 1.165) is 0 Å². The largest absolute Gasteiger partial charge is 0.465 e. The zero-order valence-electron chi connectivity index (χ0n) is 16.6. The van der Waals surface area contributed by atoms with Crippen molar-refractivity contribution in [3.63, 3.8) is 0 Å². The van der Waals surface area contributed by atoms with Gasteiger partial charge in [-0.25, -0.2) is 14.4 Å². The molecule has 0 aliphatic heterocycles. The molecule has 0 N–H and O–H groups in total. The smallest absolute Gasteiger partial charge is 0.456 e. The standard InChI is InChI=1S/C16H5F15O6/c17-11(18,14(23,24)25)8(32)35-4-5-1-6(36-9(33)12(19,20)15(26,27)28)3-7(2-5)37-10(34)13(21,22)16(29,30)31/h1-3H,4H2. The Morgan fingerprint density at radius 3 is 1.11 bits per heavy atom. The molecule has 6 nitrogen and oxygen atoms in total. The van der Waals surface area contributed by atoms with Crippen LogP contribution in [0.3, 0.4) is 0 Å². The van der Waals surface area contributed by atoms with Crippen LogP contribution in [0.4, 0.5) is 65.9 Å². The number of carbonyl (C=O) groups excluding carboxylic acids is 3. The second kappa shape index (κ2) is 9.80. The normalized spacial score (nSPS) is 13.7. The first-order valence-corrected chi connectivity index (χ1v) is 8.34. The summed E-state index contributed by atoms with van der Waals surface area (Å²) in [5.41, 5.74) is -1.20. The van der Waals surface area contributed by atoms with Gasteiger partial charge >= 0.3 is 54.2 Å². The van der Waals surface area contributed by atoms with Gasteiger partial charge in [-0.2, -0.15) is 65.9 Å². The van der Waals surface area contributed by atoms with E-state index in [1.165, 1.54) is 0 Å². The minimum absolute atomic E-state index is 0.00258. The molecular weight excluding hydrogens is 573 g/mol.